The van der Waals surface area contributed by atoms with Crippen molar-refractivity contribution >= 4 is 23.3 Å². The molecule has 146 valence electrons. The van der Waals surface area contributed by atoms with Crippen molar-refractivity contribution < 1.29 is 19.2 Å². The lowest BCUT2D eigenvalue weighted by Gasteiger charge is -2.10. The Hall–Kier alpha value is -4.00. The van der Waals surface area contributed by atoms with Crippen LogP contribution in [0.1, 0.15) is 31.8 Å². The third-order valence-electron chi connectivity index (χ3n) is 4.24. The molecule has 0 spiro atoms. The maximum absolute atomic E-state index is 12.5. The van der Waals surface area contributed by atoms with Crippen LogP contribution in [0.5, 0.6) is 5.75 Å². The van der Waals surface area contributed by atoms with E-state index in [-0.39, 0.29) is 16.8 Å². The van der Waals surface area contributed by atoms with Crippen LogP contribution in [0.25, 0.3) is 0 Å². The molecule has 0 aliphatic rings. The molecule has 0 aliphatic carbocycles. The summed E-state index contributed by atoms with van der Waals surface area (Å²) in [5, 5.41) is 13.4. The van der Waals surface area contributed by atoms with E-state index in [0.717, 1.165) is 11.1 Å². The van der Waals surface area contributed by atoms with Crippen LogP contribution in [0.2, 0.25) is 0 Å². The first-order valence-electron chi connectivity index (χ1n) is 8.79. The average Bonchev–Trinajstić information content (AvgIpc) is 2.71. The van der Waals surface area contributed by atoms with E-state index in [2.05, 4.69) is 5.32 Å². The molecule has 0 saturated heterocycles. The van der Waals surface area contributed by atoms with Crippen LogP contribution in [0.4, 0.5) is 11.4 Å². The molecule has 0 atom stereocenters. The van der Waals surface area contributed by atoms with E-state index >= 15 is 0 Å². The molecule has 0 bridgehead atoms. The van der Waals surface area contributed by atoms with Gasteiger partial charge in [0.2, 0.25) is 0 Å². The van der Waals surface area contributed by atoms with Crippen molar-refractivity contribution in [2.75, 3.05) is 5.32 Å². The third-order valence-corrected chi connectivity index (χ3v) is 4.24. The number of nitrogens with zero attached hydrogens (tertiary/aromatic N) is 1. The van der Waals surface area contributed by atoms with Crippen LogP contribution >= 0.6 is 0 Å². The van der Waals surface area contributed by atoms with E-state index in [1.54, 1.807) is 24.3 Å². The highest BCUT2D eigenvalue weighted by atomic mass is 16.6. The standard InChI is InChI=1S/C22H18N2O5/c1-14-6-7-15(2)20(12-14)29-22(26)17-4-3-5-18(13-17)23-21(25)16-8-10-19(11-9-16)24(27)28/h3-13H,1-2H3,(H,23,25). The largest absolute Gasteiger partial charge is 0.423 e. The first-order chi connectivity index (χ1) is 13.8. The molecule has 0 heterocycles. The predicted molar refractivity (Wildman–Crippen MR) is 108 cm³/mol. The molecule has 1 N–H and O–H groups in total. The number of rotatable bonds is 5. The number of nitro benzene ring substituents is 1. The summed E-state index contributed by atoms with van der Waals surface area (Å²) in [6, 6.07) is 17.2. The van der Waals surface area contributed by atoms with Crippen molar-refractivity contribution in [3.63, 3.8) is 0 Å². The zero-order valence-electron chi connectivity index (χ0n) is 15.8. The minimum Gasteiger partial charge on any atom is -0.423 e. The number of nitro groups is 1. The van der Waals surface area contributed by atoms with Gasteiger partial charge in [0, 0.05) is 23.4 Å². The van der Waals surface area contributed by atoms with Gasteiger partial charge in [-0.05, 0) is 61.4 Å². The van der Waals surface area contributed by atoms with Crippen LogP contribution in [0.3, 0.4) is 0 Å². The predicted octanol–water partition coefficient (Wildman–Crippen LogP) is 4.68. The topological polar surface area (TPSA) is 98.5 Å². The summed E-state index contributed by atoms with van der Waals surface area (Å²) in [6.07, 6.45) is 0. The molecule has 1 amide bonds. The van der Waals surface area contributed by atoms with Crippen LogP contribution in [-0.2, 0) is 0 Å². The van der Waals surface area contributed by atoms with Gasteiger partial charge in [0.05, 0.1) is 10.5 Å². The van der Waals surface area contributed by atoms with E-state index in [1.807, 2.05) is 26.0 Å². The first kappa shape index (κ1) is 19.8. The van der Waals surface area contributed by atoms with Gasteiger partial charge in [-0.1, -0.05) is 18.2 Å². The quantitative estimate of drug-likeness (QED) is 0.295. The Labute approximate surface area is 167 Å². The van der Waals surface area contributed by atoms with Gasteiger partial charge in [-0.15, -0.1) is 0 Å². The lowest BCUT2D eigenvalue weighted by atomic mass is 10.1. The molecule has 7 nitrogen and oxygen atoms in total. The normalized spacial score (nSPS) is 10.3. The molecule has 0 saturated carbocycles. The number of carbonyl (C=O) groups is 2. The van der Waals surface area contributed by atoms with Crippen molar-refractivity contribution in [3.8, 4) is 5.75 Å². The van der Waals surface area contributed by atoms with Gasteiger partial charge in [0.1, 0.15) is 5.75 Å². The Kier molecular flexibility index (Phi) is 5.69. The van der Waals surface area contributed by atoms with Crippen LogP contribution < -0.4 is 10.1 Å². The van der Waals surface area contributed by atoms with Crippen LogP contribution in [0.15, 0.2) is 66.7 Å². The first-order valence-corrected chi connectivity index (χ1v) is 8.79. The number of nitrogens with one attached hydrogen (secondary N) is 1. The zero-order chi connectivity index (χ0) is 21.0. The van der Waals surface area contributed by atoms with Crippen LogP contribution in [-0.4, -0.2) is 16.8 Å². The molecular weight excluding hydrogens is 372 g/mol. The van der Waals surface area contributed by atoms with E-state index in [0.29, 0.717) is 11.4 Å². The molecule has 29 heavy (non-hydrogen) atoms. The second kappa shape index (κ2) is 8.35. The lowest BCUT2D eigenvalue weighted by molar-refractivity contribution is -0.384. The van der Waals surface area contributed by atoms with Gasteiger partial charge in [-0.2, -0.15) is 0 Å². The van der Waals surface area contributed by atoms with Gasteiger partial charge in [-0.25, -0.2) is 4.79 Å². The van der Waals surface area contributed by atoms with E-state index in [9.17, 15) is 19.7 Å². The van der Waals surface area contributed by atoms with Crippen molar-refractivity contribution in [1.29, 1.82) is 0 Å². The number of amides is 1. The Morgan fingerprint density at radius 3 is 2.34 bits per heavy atom. The maximum Gasteiger partial charge on any atom is 0.343 e. The fraction of sp³-hybridized carbons (Fsp3) is 0.0909. The molecule has 3 aromatic carbocycles. The Balaban J connectivity index is 1.73. The number of aryl methyl sites for hydroxylation is 2. The van der Waals surface area contributed by atoms with E-state index in [4.69, 9.17) is 4.74 Å². The minimum absolute atomic E-state index is 0.0993. The van der Waals surface area contributed by atoms with E-state index in [1.165, 1.54) is 30.3 Å². The molecule has 0 aromatic heterocycles. The molecule has 3 rings (SSSR count). The number of hydrogen-bond donors (Lipinski definition) is 1. The van der Waals surface area contributed by atoms with Crippen molar-refractivity contribution in [2.24, 2.45) is 0 Å². The maximum atomic E-state index is 12.5. The van der Waals surface area contributed by atoms with E-state index < -0.39 is 16.8 Å². The molecule has 3 aromatic rings. The summed E-state index contributed by atoms with van der Waals surface area (Å²) in [4.78, 5) is 35.0. The van der Waals surface area contributed by atoms with Crippen molar-refractivity contribution in [3.05, 3.63) is 99.1 Å². The molecule has 0 aliphatic heterocycles. The Morgan fingerprint density at radius 1 is 0.931 bits per heavy atom. The van der Waals surface area contributed by atoms with Gasteiger partial charge < -0.3 is 10.1 Å². The van der Waals surface area contributed by atoms with Crippen LogP contribution in [0, 0.1) is 24.0 Å². The smallest absolute Gasteiger partial charge is 0.343 e. The molecule has 0 fully saturated rings. The number of carbonyl (C=O) groups excluding carboxylic acids is 2. The second-order valence-electron chi connectivity index (χ2n) is 6.50. The van der Waals surface area contributed by atoms with Gasteiger partial charge in [0.15, 0.2) is 0 Å². The lowest BCUT2D eigenvalue weighted by Crippen LogP contribution is -2.13. The zero-order valence-corrected chi connectivity index (χ0v) is 15.8. The summed E-state index contributed by atoms with van der Waals surface area (Å²) in [5.41, 5.74) is 2.67. The van der Waals surface area contributed by atoms with Gasteiger partial charge in [-0.3, -0.25) is 14.9 Å². The summed E-state index contributed by atoms with van der Waals surface area (Å²) in [7, 11) is 0. The Bertz CT molecular complexity index is 1090. The number of esters is 1. The summed E-state index contributed by atoms with van der Waals surface area (Å²) >= 11 is 0. The minimum atomic E-state index is -0.537. The van der Waals surface area contributed by atoms with Crippen molar-refractivity contribution in [2.45, 2.75) is 13.8 Å². The van der Waals surface area contributed by atoms with Gasteiger partial charge in [0.25, 0.3) is 11.6 Å². The number of benzene rings is 3. The molecule has 0 radical (unpaired) electrons. The summed E-state index contributed by atoms with van der Waals surface area (Å²) in [5.74, 6) is -0.500. The van der Waals surface area contributed by atoms with Gasteiger partial charge >= 0.3 is 5.97 Å². The third kappa shape index (κ3) is 4.84. The average molecular weight is 390 g/mol. The highest BCUT2D eigenvalue weighted by Crippen LogP contribution is 2.21. The molecular formula is C22H18N2O5. The molecule has 0 unspecified atom stereocenters. The SMILES string of the molecule is Cc1ccc(C)c(OC(=O)c2cccc(NC(=O)c3ccc([N+](=O)[O-])cc3)c2)c1. The number of anilines is 1. The number of non-ortho nitro benzene ring substituents is 1. The van der Waals surface area contributed by atoms with Crippen molar-refractivity contribution in [1.82, 2.24) is 0 Å². The summed E-state index contributed by atoms with van der Waals surface area (Å²) < 4.78 is 5.48. The monoisotopic (exact) mass is 390 g/mol. The Morgan fingerprint density at radius 2 is 1.66 bits per heavy atom. The fourth-order valence-corrected chi connectivity index (χ4v) is 2.64. The number of ether oxygens (including phenoxy) is 1. The highest BCUT2D eigenvalue weighted by molar-refractivity contribution is 6.05. The fourth-order valence-electron chi connectivity index (χ4n) is 2.64. The summed E-state index contributed by atoms with van der Waals surface area (Å²) in [6.45, 7) is 3.76. The second-order valence-corrected chi connectivity index (χ2v) is 6.50. The number of hydrogen-bond acceptors (Lipinski definition) is 5. The molecule has 7 heteroatoms. The highest BCUT2D eigenvalue weighted by Gasteiger charge is 2.13.